The summed E-state index contributed by atoms with van der Waals surface area (Å²) in [6.45, 7) is 0.354. The summed E-state index contributed by atoms with van der Waals surface area (Å²) in [4.78, 5) is 14.4. The lowest BCUT2D eigenvalue weighted by Crippen LogP contribution is -2.34. The van der Waals surface area contributed by atoms with Gasteiger partial charge in [-0.25, -0.2) is 9.18 Å². The number of carbonyl (C=O) groups excluding carboxylic acids is 1. The van der Waals surface area contributed by atoms with Gasteiger partial charge in [0.15, 0.2) is 11.5 Å². The zero-order valence-electron chi connectivity index (χ0n) is 16.7. The lowest BCUT2D eigenvalue weighted by Gasteiger charge is -2.24. The Bertz CT molecular complexity index is 1120. The standard InChI is InChI=1S/C23H18F4N2O3/c24-18-7-4-15(5-8-18)12-29(13-16-6-9-20-21(10-16)32-14-31-20)22(30)28-19-3-1-2-17(11-19)23(25,26)27/h1-11H,12-14H2,(H,28,30). The number of hydrogen-bond donors (Lipinski definition) is 1. The molecule has 0 fully saturated rings. The van der Waals surface area contributed by atoms with Crippen LogP contribution in [0.1, 0.15) is 16.7 Å². The summed E-state index contributed by atoms with van der Waals surface area (Å²) in [5.41, 5.74) is 0.540. The van der Waals surface area contributed by atoms with Gasteiger partial charge >= 0.3 is 12.2 Å². The van der Waals surface area contributed by atoms with Crippen molar-refractivity contribution in [3.05, 3.63) is 89.2 Å². The SMILES string of the molecule is O=C(Nc1cccc(C(F)(F)F)c1)N(Cc1ccc(F)cc1)Cc1ccc2c(c1)OCO2. The van der Waals surface area contributed by atoms with Gasteiger partial charge in [-0.15, -0.1) is 0 Å². The second kappa shape index (κ2) is 8.78. The van der Waals surface area contributed by atoms with E-state index in [2.05, 4.69) is 5.32 Å². The van der Waals surface area contributed by atoms with Gasteiger partial charge in [0.25, 0.3) is 0 Å². The molecule has 0 unspecified atom stereocenters. The molecule has 0 aromatic heterocycles. The number of carbonyl (C=O) groups is 1. The highest BCUT2D eigenvalue weighted by atomic mass is 19.4. The highest BCUT2D eigenvalue weighted by Crippen LogP contribution is 2.33. The molecule has 9 heteroatoms. The van der Waals surface area contributed by atoms with Gasteiger partial charge in [-0.3, -0.25) is 0 Å². The van der Waals surface area contributed by atoms with Crippen molar-refractivity contribution in [1.82, 2.24) is 4.90 Å². The van der Waals surface area contributed by atoms with Crippen molar-refractivity contribution in [2.24, 2.45) is 0 Å². The number of urea groups is 1. The summed E-state index contributed by atoms with van der Waals surface area (Å²) in [5.74, 6) is 0.722. The van der Waals surface area contributed by atoms with Crippen molar-refractivity contribution >= 4 is 11.7 Å². The van der Waals surface area contributed by atoms with Crippen LogP contribution in [-0.4, -0.2) is 17.7 Å². The van der Waals surface area contributed by atoms with Crippen LogP contribution in [-0.2, 0) is 19.3 Å². The van der Waals surface area contributed by atoms with Gasteiger partial charge < -0.3 is 19.7 Å². The Labute approximate surface area is 181 Å². The maximum atomic E-state index is 13.3. The summed E-state index contributed by atoms with van der Waals surface area (Å²) in [6.07, 6.45) is -4.53. The van der Waals surface area contributed by atoms with Gasteiger partial charge in [0, 0.05) is 18.8 Å². The van der Waals surface area contributed by atoms with Gasteiger partial charge in [-0.05, 0) is 53.6 Å². The van der Waals surface area contributed by atoms with E-state index in [0.29, 0.717) is 17.1 Å². The fourth-order valence-corrected chi connectivity index (χ4v) is 3.25. The maximum absolute atomic E-state index is 13.3. The highest BCUT2D eigenvalue weighted by Gasteiger charge is 2.30. The first kappa shape index (κ1) is 21.5. The molecule has 0 radical (unpaired) electrons. The van der Waals surface area contributed by atoms with Gasteiger partial charge in [-0.1, -0.05) is 24.3 Å². The van der Waals surface area contributed by atoms with Gasteiger partial charge in [0.2, 0.25) is 6.79 Å². The molecule has 3 aromatic carbocycles. The van der Waals surface area contributed by atoms with Crippen molar-refractivity contribution in [2.75, 3.05) is 12.1 Å². The number of amides is 2. The molecule has 5 nitrogen and oxygen atoms in total. The number of hydrogen-bond acceptors (Lipinski definition) is 3. The molecule has 2 amide bonds. The number of nitrogens with one attached hydrogen (secondary N) is 1. The van der Waals surface area contributed by atoms with Gasteiger partial charge in [-0.2, -0.15) is 13.2 Å². The normalized spacial score (nSPS) is 12.5. The first-order chi connectivity index (χ1) is 15.3. The molecule has 0 saturated carbocycles. The van der Waals surface area contributed by atoms with Crippen molar-refractivity contribution in [1.29, 1.82) is 0 Å². The Morgan fingerprint density at radius 1 is 0.906 bits per heavy atom. The van der Waals surface area contributed by atoms with E-state index in [9.17, 15) is 22.4 Å². The first-order valence-corrected chi connectivity index (χ1v) is 9.64. The minimum absolute atomic E-state index is 0.0135. The Kier molecular flexibility index (Phi) is 5.89. The molecule has 0 bridgehead atoms. The van der Waals surface area contributed by atoms with E-state index in [0.717, 1.165) is 17.7 Å². The third-order valence-electron chi connectivity index (χ3n) is 4.83. The lowest BCUT2D eigenvalue weighted by atomic mass is 10.1. The number of rotatable bonds is 5. The van der Waals surface area contributed by atoms with Crippen LogP contribution in [0.3, 0.4) is 0 Å². The first-order valence-electron chi connectivity index (χ1n) is 9.64. The van der Waals surface area contributed by atoms with Crippen LogP contribution in [0.2, 0.25) is 0 Å². The highest BCUT2D eigenvalue weighted by molar-refractivity contribution is 5.89. The summed E-state index contributed by atoms with van der Waals surface area (Å²) in [6, 6.07) is 14.7. The van der Waals surface area contributed by atoms with Gasteiger partial charge in [0.05, 0.1) is 5.56 Å². The van der Waals surface area contributed by atoms with E-state index < -0.39 is 23.6 Å². The van der Waals surface area contributed by atoms with E-state index >= 15 is 0 Å². The second-order valence-electron chi connectivity index (χ2n) is 7.18. The molecule has 0 spiro atoms. The van der Waals surface area contributed by atoms with Crippen LogP contribution >= 0.6 is 0 Å². The molecule has 0 saturated heterocycles. The minimum atomic E-state index is -4.53. The molecule has 0 aliphatic carbocycles. The number of nitrogens with zero attached hydrogens (tertiary/aromatic N) is 1. The molecular formula is C23H18F4N2O3. The van der Waals surface area contributed by atoms with Crippen LogP contribution in [0, 0.1) is 5.82 Å². The molecule has 0 atom stereocenters. The van der Waals surface area contributed by atoms with Crippen molar-refractivity contribution in [3.8, 4) is 11.5 Å². The predicted octanol–water partition coefficient (Wildman–Crippen LogP) is 5.81. The van der Waals surface area contributed by atoms with E-state index in [1.54, 1.807) is 30.3 Å². The monoisotopic (exact) mass is 446 g/mol. The zero-order valence-corrected chi connectivity index (χ0v) is 16.7. The third kappa shape index (κ3) is 5.11. The molecule has 4 rings (SSSR count). The Morgan fingerprint density at radius 2 is 1.59 bits per heavy atom. The Balaban J connectivity index is 1.56. The lowest BCUT2D eigenvalue weighted by molar-refractivity contribution is -0.137. The molecule has 1 N–H and O–H groups in total. The molecule has 32 heavy (non-hydrogen) atoms. The largest absolute Gasteiger partial charge is 0.454 e. The molecule has 3 aromatic rings. The van der Waals surface area contributed by atoms with Crippen molar-refractivity contribution < 1.29 is 31.8 Å². The quantitative estimate of drug-likeness (QED) is 0.504. The Morgan fingerprint density at radius 3 is 2.34 bits per heavy atom. The maximum Gasteiger partial charge on any atom is 0.416 e. The topological polar surface area (TPSA) is 50.8 Å². The smallest absolute Gasteiger partial charge is 0.416 e. The van der Waals surface area contributed by atoms with Crippen LogP contribution < -0.4 is 14.8 Å². The van der Waals surface area contributed by atoms with E-state index in [1.165, 1.54) is 29.2 Å². The minimum Gasteiger partial charge on any atom is -0.454 e. The molecule has 1 aliphatic rings. The predicted molar refractivity (Wildman–Crippen MR) is 109 cm³/mol. The van der Waals surface area contributed by atoms with Gasteiger partial charge in [0.1, 0.15) is 5.82 Å². The average Bonchev–Trinajstić information content (AvgIpc) is 3.22. The second-order valence-corrected chi connectivity index (χ2v) is 7.18. The van der Waals surface area contributed by atoms with E-state index in [4.69, 9.17) is 9.47 Å². The number of anilines is 1. The number of benzene rings is 3. The number of ether oxygens (including phenoxy) is 2. The number of alkyl halides is 3. The van der Waals surface area contributed by atoms with Crippen LogP contribution in [0.4, 0.5) is 28.0 Å². The average molecular weight is 446 g/mol. The third-order valence-corrected chi connectivity index (χ3v) is 4.83. The summed E-state index contributed by atoms with van der Waals surface area (Å²) < 4.78 is 62.9. The molecule has 1 aliphatic heterocycles. The van der Waals surface area contributed by atoms with Crippen LogP contribution in [0.5, 0.6) is 11.5 Å². The summed E-state index contributed by atoms with van der Waals surface area (Å²) in [7, 11) is 0. The fourth-order valence-electron chi connectivity index (χ4n) is 3.25. The van der Waals surface area contributed by atoms with E-state index in [1.807, 2.05) is 0 Å². The fraction of sp³-hybridized carbons (Fsp3) is 0.174. The zero-order chi connectivity index (χ0) is 22.7. The van der Waals surface area contributed by atoms with Crippen molar-refractivity contribution in [2.45, 2.75) is 19.3 Å². The van der Waals surface area contributed by atoms with E-state index in [-0.39, 0.29) is 25.6 Å². The van der Waals surface area contributed by atoms with Crippen molar-refractivity contribution in [3.63, 3.8) is 0 Å². The summed E-state index contributed by atoms with van der Waals surface area (Å²) in [5, 5.41) is 2.52. The Hall–Kier alpha value is -3.75. The van der Waals surface area contributed by atoms with Crippen LogP contribution in [0.15, 0.2) is 66.7 Å². The molecule has 166 valence electrons. The molecular weight excluding hydrogens is 428 g/mol. The summed E-state index contributed by atoms with van der Waals surface area (Å²) >= 11 is 0. The number of fused-ring (bicyclic) bond motifs is 1. The van der Waals surface area contributed by atoms with Crippen LogP contribution in [0.25, 0.3) is 0 Å². The molecule has 1 heterocycles. The number of halogens is 4.